The van der Waals surface area contributed by atoms with Crippen LogP contribution < -0.4 is 4.90 Å². The van der Waals surface area contributed by atoms with Gasteiger partial charge in [-0.05, 0) is 49.4 Å². The first-order valence-corrected chi connectivity index (χ1v) is 8.43. The summed E-state index contributed by atoms with van der Waals surface area (Å²) in [6, 6.07) is 9.06. The second-order valence-electron chi connectivity index (χ2n) is 6.23. The number of aliphatic hydroxyl groups is 1. The summed E-state index contributed by atoms with van der Waals surface area (Å²) in [5, 5.41) is 9.22. The molecular formula is C18H30N2O. The Morgan fingerprint density at radius 3 is 2.33 bits per heavy atom. The van der Waals surface area contributed by atoms with Crippen molar-refractivity contribution in [2.75, 3.05) is 37.7 Å². The maximum atomic E-state index is 9.22. The van der Waals surface area contributed by atoms with E-state index in [-0.39, 0.29) is 0 Å². The predicted molar refractivity (Wildman–Crippen MR) is 89.7 cm³/mol. The summed E-state index contributed by atoms with van der Waals surface area (Å²) in [6.07, 6.45) is 3.52. The van der Waals surface area contributed by atoms with Crippen LogP contribution in [0.25, 0.3) is 0 Å². The number of hydrogen-bond donors (Lipinski definition) is 1. The highest BCUT2D eigenvalue weighted by Gasteiger charge is 2.21. The molecule has 1 heterocycles. The highest BCUT2D eigenvalue weighted by molar-refractivity contribution is 5.47. The van der Waals surface area contributed by atoms with Crippen LogP contribution in [0, 0.1) is 5.92 Å². The van der Waals surface area contributed by atoms with E-state index in [0.29, 0.717) is 12.5 Å². The van der Waals surface area contributed by atoms with Crippen LogP contribution in [0.5, 0.6) is 0 Å². The molecule has 1 aromatic rings. The Morgan fingerprint density at radius 1 is 1.14 bits per heavy atom. The summed E-state index contributed by atoms with van der Waals surface area (Å²) in [5.74, 6) is 0.480. The molecule has 0 aliphatic carbocycles. The molecule has 21 heavy (non-hydrogen) atoms. The van der Waals surface area contributed by atoms with E-state index in [9.17, 15) is 5.11 Å². The molecule has 1 aromatic carbocycles. The zero-order chi connectivity index (χ0) is 15.1. The highest BCUT2D eigenvalue weighted by atomic mass is 16.3. The van der Waals surface area contributed by atoms with Gasteiger partial charge in [-0.25, -0.2) is 0 Å². The minimum atomic E-state index is 0.332. The van der Waals surface area contributed by atoms with Crippen molar-refractivity contribution < 1.29 is 5.11 Å². The van der Waals surface area contributed by atoms with E-state index >= 15 is 0 Å². The molecule has 0 amide bonds. The van der Waals surface area contributed by atoms with E-state index < -0.39 is 0 Å². The lowest BCUT2D eigenvalue weighted by Crippen LogP contribution is -2.25. The summed E-state index contributed by atoms with van der Waals surface area (Å²) < 4.78 is 0. The van der Waals surface area contributed by atoms with Crippen LogP contribution in [0.3, 0.4) is 0 Å². The second kappa shape index (κ2) is 8.40. The Morgan fingerprint density at radius 2 is 1.81 bits per heavy atom. The van der Waals surface area contributed by atoms with Gasteiger partial charge in [-0.1, -0.05) is 26.0 Å². The van der Waals surface area contributed by atoms with Crippen LogP contribution in [0.1, 0.15) is 38.7 Å². The fourth-order valence-electron chi connectivity index (χ4n) is 3.19. The van der Waals surface area contributed by atoms with Crippen LogP contribution in [0.2, 0.25) is 0 Å². The summed E-state index contributed by atoms with van der Waals surface area (Å²) in [6.45, 7) is 10.2. The molecule has 0 bridgehead atoms. The van der Waals surface area contributed by atoms with Crippen molar-refractivity contribution in [3.8, 4) is 0 Å². The fraction of sp³-hybridized carbons (Fsp3) is 0.667. The van der Waals surface area contributed by atoms with E-state index in [4.69, 9.17) is 0 Å². The van der Waals surface area contributed by atoms with Gasteiger partial charge in [0.1, 0.15) is 0 Å². The van der Waals surface area contributed by atoms with Gasteiger partial charge in [-0.3, -0.25) is 4.90 Å². The molecule has 1 saturated heterocycles. The molecule has 0 radical (unpaired) electrons. The van der Waals surface area contributed by atoms with Crippen molar-refractivity contribution in [2.45, 2.75) is 39.7 Å². The molecule has 0 spiro atoms. The van der Waals surface area contributed by atoms with Crippen molar-refractivity contribution in [3.05, 3.63) is 29.8 Å². The number of likely N-dealkylation sites (tertiary alicyclic amines) is 1. The molecule has 2 rings (SSSR count). The smallest absolute Gasteiger partial charge is 0.0471 e. The van der Waals surface area contributed by atoms with Crippen molar-refractivity contribution in [2.24, 2.45) is 5.92 Å². The molecule has 1 unspecified atom stereocenters. The molecule has 1 fully saturated rings. The van der Waals surface area contributed by atoms with Gasteiger partial charge in [0.05, 0.1) is 0 Å². The van der Waals surface area contributed by atoms with E-state index in [0.717, 1.165) is 39.1 Å². The van der Waals surface area contributed by atoms with Crippen LogP contribution >= 0.6 is 0 Å². The molecule has 3 nitrogen and oxygen atoms in total. The molecule has 3 heteroatoms. The molecule has 0 aromatic heterocycles. The SMILES string of the molecule is CCCN(CCC)c1ccc(CN2CCC(CO)C2)cc1. The Hall–Kier alpha value is -1.06. The maximum absolute atomic E-state index is 9.22. The molecule has 0 saturated carbocycles. The molecular weight excluding hydrogens is 260 g/mol. The third kappa shape index (κ3) is 4.72. The Balaban J connectivity index is 1.92. The van der Waals surface area contributed by atoms with Crippen LogP contribution in [-0.4, -0.2) is 42.8 Å². The second-order valence-corrected chi connectivity index (χ2v) is 6.23. The molecule has 1 aliphatic rings. The molecule has 1 N–H and O–H groups in total. The summed E-state index contributed by atoms with van der Waals surface area (Å²) in [7, 11) is 0. The average molecular weight is 290 g/mol. The zero-order valence-electron chi connectivity index (χ0n) is 13.6. The molecule has 118 valence electrons. The molecule has 1 aliphatic heterocycles. The van der Waals surface area contributed by atoms with E-state index in [2.05, 4.69) is 47.9 Å². The first kappa shape index (κ1) is 16.3. The lowest BCUT2D eigenvalue weighted by molar-refractivity contribution is 0.220. The van der Waals surface area contributed by atoms with Crippen molar-refractivity contribution >= 4 is 5.69 Å². The van der Waals surface area contributed by atoms with Crippen LogP contribution in [-0.2, 0) is 6.54 Å². The number of anilines is 1. The average Bonchev–Trinajstić information content (AvgIpc) is 2.95. The van der Waals surface area contributed by atoms with Gasteiger partial charge in [-0.2, -0.15) is 0 Å². The van der Waals surface area contributed by atoms with Gasteiger partial charge >= 0.3 is 0 Å². The van der Waals surface area contributed by atoms with Crippen LogP contribution in [0.15, 0.2) is 24.3 Å². The minimum Gasteiger partial charge on any atom is -0.396 e. The third-order valence-corrected chi connectivity index (χ3v) is 4.32. The normalized spacial score (nSPS) is 19.1. The lowest BCUT2D eigenvalue weighted by Gasteiger charge is -2.24. The standard InChI is InChI=1S/C18H30N2O/c1-3-10-20(11-4-2)18-7-5-16(6-8-18)13-19-12-9-17(14-19)15-21/h5-8,17,21H,3-4,9-15H2,1-2H3. The van der Waals surface area contributed by atoms with E-state index in [1.165, 1.54) is 24.1 Å². The van der Waals surface area contributed by atoms with Gasteiger partial charge in [0.2, 0.25) is 0 Å². The predicted octanol–water partition coefficient (Wildman–Crippen LogP) is 3.13. The molecule has 1 atom stereocenters. The first-order valence-electron chi connectivity index (χ1n) is 8.43. The maximum Gasteiger partial charge on any atom is 0.0471 e. The first-order chi connectivity index (χ1) is 10.3. The topological polar surface area (TPSA) is 26.7 Å². The number of rotatable bonds is 8. The summed E-state index contributed by atoms with van der Waals surface area (Å²) >= 11 is 0. The monoisotopic (exact) mass is 290 g/mol. The minimum absolute atomic E-state index is 0.332. The van der Waals surface area contributed by atoms with Crippen molar-refractivity contribution in [1.29, 1.82) is 0 Å². The Labute approximate surface area is 129 Å². The number of nitrogens with zero attached hydrogens (tertiary/aromatic N) is 2. The van der Waals surface area contributed by atoms with Gasteiger partial charge in [-0.15, -0.1) is 0 Å². The van der Waals surface area contributed by atoms with E-state index in [1.54, 1.807) is 0 Å². The number of hydrogen-bond acceptors (Lipinski definition) is 3. The Kier molecular flexibility index (Phi) is 6.52. The Bertz CT molecular complexity index is 398. The summed E-state index contributed by atoms with van der Waals surface area (Å²) in [5.41, 5.74) is 2.72. The number of benzene rings is 1. The summed E-state index contributed by atoms with van der Waals surface area (Å²) in [4.78, 5) is 4.92. The van der Waals surface area contributed by atoms with Gasteiger partial charge in [0.15, 0.2) is 0 Å². The zero-order valence-corrected chi connectivity index (χ0v) is 13.6. The van der Waals surface area contributed by atoms with E-state index in [1.807, 2.05) is 0 Å². The van der Waals surface area contributed by atoms with Gasteiger partial charge in [0, 0.05) is 38.5 Å². The number of aliphatic hydroxyl groups excluding tert-OH is 1. The van der Waals surface area contributed by atoms with Crippen LogP contribution in [0.4, 0.5) is 5.69 Å². The highest BCUT2D eigenvalue weighted by Crippen LogP contribution is 2.20. The lowest BCUT2D eigenvalue weighted by atomic mass is 10.1. The van der Waals surface area contributed by atoms with Crippen molar-refractivity contribution in [3.63, 3.8) is 0 Å². The fourth-order valence-corrected chi connectivity index (χ4v) is 3.19. The third-order valence-electron chi connectivity index (χ3n) is 4.32. The van der Waals surface area contributed by atoms with Crippen molar-refractivity contribution in [1.82, 2.24) is 4.90 Å². The van der Waals surface area contributed by atoms with Gasteiger partial charge < -0.3 is 10.0 Å². The van der Waals surface area contributed by atoms with Gasteiger partial charge in [0.25, 0.3) is 0 Å². The largest absolute Gasteiger partial charge is 0.396 e. The quantitative estimate of drug-likeness (QED) is 0.797.